The molecular weight excluding hydrogens is 498 g/mol. The summed E-state index contributed by atoms with van der Waals surface area (Å²) >= 11 is 0.685. The van der Waals surface area contributed by atoms with Crippen molar-refractivity contribution in [2.24, 2.45) is 5.73 Å². The van der Waals surface area contributed by atoms with Crippen LogP contribution in [-0.2, 0) is 4.79 Å². The molecule has 0 aliphatic carbocycles. The number of primary amides is 1. The number of nitrogen functional groups attached to an aromatic ring is 1. The first-order valence-electron chi connectivity index (χ1n) is 11.1. The largest absolute Gasteiger partial charge is 0.508 e. The van der Waals surface area contributed by atoms with Gasteiger partial charge >= 0.3 is 0 Å². The van der Waals surface area contributed by atoms with E-state index < -0.39 is 29.3 Å². The number of rotatable bonds is 8. The van der Waals surface area contributed by atoms with E-state index in [1.807, 2.05) is 0 Å². The molecule has 0 unspecified atom stereocenters. The van der Waals surface area contributed by atoms with Gasteiger partial charge in [-0.2, -0.15) is 4.37 Å². The van der Waals surface area contributed by atoms with E-state index in [1.165, 1.54) is 37.3 Å². The molecule has 1 atom stereocenters. The van der Waals surface area contributed by atoms with Crippen molar-refractivity contribution in [2.75, 3.05) is 24.9 Å². The topological polar surface area (TPSA) is 170 Å². The second kappa shape index (κ2) is 10.7. The molecule has 3 aromatic rings. The van der Waals surface area contributed by atoms with E-state index in [4.69, 9.17) is 20.9 Å². The molecule has 0 aliphatic rings. The monoisotopic (exact) mass is 527 g/mol. The van der Waals surface area contributed by atoms with Crippen molar-refractivity contribution in [3.8, 4) is 17.2 Å². The highest BCUT2D eigenvalue weighted by atomic mass is 32.1. The van der Waals surface area contributed by atoms with Crippen LogP contribution in [0.15, 0.2) is 42.5 Å². The van der Waals surface area contributed by atoms with Crippen molar-refractivity contribution < 1.29 is 29.0 Å². The van der Waals surface area contributed by atoms with Crippen molar-refractivity contribution in [3.63, 3.8) is 0 Å². The maximum absolute atomic E-state index is 14.0. The van der Waals surface area contributed by atoms with Crippen LogP contribution in [-0.4, -0.2) is 47.0 Å². The van der Waals surface area contributed by atoms with Gasteiger partial charge in [0.15, 0.2) is 17.2 Å². The highest BCUT2D eigenvalue weighted by molar-refractivity contribution is 7.09. The molecule has 196 valence electrons. The number of phenolic OH excluding ortho intramolecular Hbond substituents is 1. The molecule has 12 heteroatoms. The molecule has 0 radical (unpaired) electrons. The van der Waals surface area contributed by atoms with E-state index in [9.17, 15) is 19.5 Å². The van der Waals surface area contributed by atoms with E-state index in [-0.39, 0.29) is 27.7 Å². The van der Waals surface area contributed by atoms with Crippen molar-refractivity contribution >= 4 is 40.6 Å². The Labute approximate surface area is 218 Å². The van der Waals surface area contributed by atoms with Crippen LogP contribution in [0.25, 0.3) is 0 Å². The summed E-state index contributed by atoms with van der Waals surface area (Å²) in [4.78, 5) is 40.6. The fraction of sp³-hybridized carbons (Fsp3) is 0.280. The smallest absolute Gasteiger partial charge is 0.273 e. The van der Waals surface area contributed by atoms with E-state index in [0.717, 1.165) is 0 Å². The van der Waals surface area contributed by atoms with Gasteiger partial charge in [-0.1, -0.05) is 12.1 Å². The number of phenols is 1. The fourth-order valence-corrected chi connectivity index (χ4v) is 4.39. The Hall–Kier alpha value is -4.32. The average molecular weight is 528 g/mol. The summed E-state index contributed by atoms with van der Waals surface area (Å²) in [5.41, 5.74) is 10.9. The van der Waals surface area contributed by atoms with Crippen LogP contribution in [0.3, 0.4) is 0 Å². The number of hydrogen-bond acceptors (Lipinski definition) is 9. The molecule has 2 aromatic carbocycles. The lowest BCUT2D eigenvalue weighted by Crippen LogP contribution is -2.49. The van der Waals surface area contributed by atoms with E-state index in [1.54, 1.807) is 45.0 Å². The van der Waals surface area contributed by atoms with Gasteiger partial charge in [-0.25, -0.2) is 0 Å². The van der Waals surface area contributed by atoms with E-state index in [2.05, 4.69) is 9.69 Å². The summed E-state index contributed by atoms with van der Waals surface area (Å²) in [5.74, 6) is -1.50. The Balaban J connectivity index is 2.29. The Kier molecular flexibility index (Phi) is 7.92. The van der Waals surface area contributed by atoms with Gasteiger partial charge in [0, 0.05) is 17.3 Å². The number of hydrogen-bond donors (Lipinski definition) is 4. The van der Waals surface area contributed by atoms with Crippen molar-refractivity contribution in [1.29, 1.82) is 0 Å². The van der Waals surface area contributed by atoms with Crippen LogP contribution < -0.4 is 31.2 Å². The lowest BCUT2D eigenvalue weighted by atomic mass is 9.99. The van der Waals surface area contributed by atoms with Crippen LogP contribution >= 0.6 is 11.5 Å². The van der Waals surface area contributed by atoms with Crippen molar-refractivity contribution in [2.45, 2.75) is 32.4 Å². The quantitative estimate of drug-likeness (QED) is 0.346. The first-order valence-corrected chi connectivity index (χ1v) is 11.9. The minimum atomic E-state index is -1.26. The third-order valence-electron chi connectivity index (χ3n) is 5.21. The molecule has 0 aliphatic heterocycles. The number of carbonyl (C=O) groups is 3. The van der Waals surface area contributed by atoms with Gasteiger partial charge in [-0.15, -0.1) is 0 Å². The molecule has 37 heavy (non-hydrogen) atoms. The molecular formula is C25H29N5O6S. The zero-order valence-corrected chi connectivity index (χ0v) is 21.9. The standard InChI is InChI=1S/C25H29N5O6S/c1-25(2,3)28-23(33)20(13-9-10-16(35-4)17(11-13)36-5)30(14-7-6-8-15(31)12-14)24(34)21-18(26)19(22(27)32)29-37-21/h6-12,20,31H,26H2,1-5H3,(H2,27,32)(H,28,33)/t20-/m1/s1. The van der Waals surface area contributed by atoms with Crippen molar-refractivity contribution in [1.82, 2.24) is 9.69 Å². The molecule has 0 fully saturated rings. The number of carbonyl (C=O) groups excluding carboxylic acids is 3. The number of methoxy groups -OCH3 is 2. The minimum Gasteiger partial charge on any atom is -0.508 e. The average Bonchev–Trinajstić information content (AvgIpc) is 3.22. The number of amides is 3. The molecule has 1 aromatic heterocycles. The lowest BCUT2D eigenvalue weighted by molar-refractivity contribution is -0.123. The third-order valence-corrected chi connectivity index (χ3v) is 6.06. The van der Waals surface area contributed by atoms with Gasteiger partial charge in [0.05, 0.1) is 19.9 Å². The predicted molar refractivity (Wildman–Crippen MR) is 140 cm³/mol. The summed E-state index contributed by atoms with van der Waals surface area (Å²) in [6.45, 7) is 5.41. The molecule has 0 saturated carbocycles. The Morgan fingerprint density at radius 1 is 1.08 bits per heavy atom. The highest BCUT2D eigenvalue weighted by Crippen LogP contribution is 2.37. The van der Waals surface area contributed by atoms with Gasteiger partial charge in [-0.05, 0) is 62.1 Å². The number of aromatic hydroxyl groups is 1. The van der Waals surface area contributed by atoms with Gasteiger partial charge < -0.3 is 31.4 Å². The summed E-state index contributed by atoms with van der Waals surface area (Å²) < 4.78 is 14.7. The number of nitrogens with one attached hydrogen (secondary N) is 1. The summed E-state index contributed by atoms with van der Waals surface area (Å²) in [5, 5.41) is 13.1. The predicted octanol–water partition coefficient (Wildman–Crippen LogP) is 2.85. The number of benzene rings is 2. The first kappa shape index (κ1) is 27.3. The highest BCUT2D eigenvalue weighted by Gasteiger charge is 2.37. The van der Waals surface area contributed by atoms with Crippen LogP contribution in [0.2, 0.25) is 0 Å². The zero-order valence-electron chi connectivity index (χ0n) is 21.1. The SMILES string of the molecule is COc1ccc([C@H](C(=O)NC(C)(C)C)N(C(=O)c2snc(C(N)=O)c2N)c2cccc(O)c2)cc1OC. The molecule has 3 amide bonds. The van der Waals surface area contributed by atoms with Crippen LogP contribution in [0, 0.1) is 0 Å². The number of nitrogens with zero attached hydrogens (tertiary/aromatic N) is 2. The molecule has 3 rings (SSSR count). The van der Waals surface area contributed by atoms with Gasteiger partial charge in [0.25, 0.3) is 11.8 Å². The molecule has 11 nitrogen and oxygen atoms in total. The molecule has 1 heterocycles. The summed E-state index contributed by atoms with van der Waals surface area (Å²) in [7, 11) is 2.93. The molecule has 6 N–H and O–H groups in total. The number of anilines is 2. The third kappa shape index (κ3) is 5.92. The normalized spacial score (nSPS) is 11.9. The lowest BCUT2D eigenvalue weighted by Gasteiger charge is -2.34. The number of nitrogens with two attached hydrogens (primary N) is 2. The van der Waals surface area contributed by atoms with E-state index in [0.29, 0.717) is 28.6 Å². The molecule has 0 bridgehead atoms. The van der Waals surface area contributed by atoms with Crippen LogP contribution in [0.5, 0.6) is 17.2 Å². The second-order valence-electron chi connectivity index (χ2n) is 9.09. The number of ether oxygens (including phenoxy) is 2. The maximum Gasteiger partial charge on any atom is 0.273 e. The number of aromatic nitrogens is 1. The second-order valence-corrected chi connectivity index (χ2v) is 9.86. The van der Waals surface area contributed by atoms with Gasteiger partial charge in [0.1, 0.15) is 16.7 Å². The Morgan fingerprint density at radius 3 is 2.30 bits per heavy atom. The van der Waals surface area contributed by atoms with Gasteiger partial charge in [-0.3, -0.25) is 19.3 Å². The molecule has 0 saturated heterocycles. The summed E-state index contributed by atoms with van der Waals surface area (Å²) in [6, 6.07) is 9.42. The Bertz CT molecular complexity index is 1330. The molecule has 0 spiro atoms. The van der Waals surface area contributed by atoms with Gasteiger partial charge in [0.2, 0.25) is 5.91 Å². The van der Waals surface area contributed by atoms with E-state index >= 15 is 0 Å². The van der Waals surface area contributed by atoms with Crippen LogP contribution in [0.1, 0.15) is 52.5 Å². The summed E-state index contributed by atoms with van der Waals surface area (Å²) in [6.07, 6.45) is 0. The minimum absolute atomic E-state index is 0.0915. The van der Waals surface area contributed by atoms with Crippen molar-refractivity contribution in [3.05, 3.63) is 58.6 Å². The van der Waals surface area contributed by atoms with Crippen LogP contribution in [0.4, 0.5) is 11.4 Å². The first-order chi connectivity index (χ1) is 17.4. The Morgan fingerprint density at radius 2 is 1.76 bits per heavy atom. The fourth-order valence-electron chi connectivity index (χ4n) is 3.64. The maximum atomic E-state index is 14.0. The zero-order chi connectivity index (χ0) is 27.5.